The van der Waals surface area contributed by atoms with Gasteiger partial charge in [-0.15, -0.1) is 0 Å². The summed E-state index contributed by atoms with van der Waals surface area (Å²) >= 11 is 0. The van der Waals surface area contributed by atoms with Gasteiger partial charge in [0.15, 0.2) is 0 Å². The maximum absolute atomic E-state index is 6.23. The highest BCUT2D eigenvalue weighted by atomic mass is 15.3. The molecule has 0 amide bonds. The fraction of sp³-hybridized carbons (Fsp3) is 1.00. The molecule has 2 heteroatoms. The Bertz CT molecular complexity index is 115. The van der Waals surface area contributed by atoms with Crippen molar-refractivity contribution >= 4 is 7.98 Å². The van der Waals surface area contributed by atoms with Crippen LogP contribution in [-0.4, -0.2) is 32.0 Å². The molecule has 1 aliphatic heterocycles. The van der Waals surface area contributed by atoms with Crippen molar-refractivity contribution in [3.05, 3.63) is 0 Å². The van der Waals surface area contributed by atoms with Gasteiger partial charge in [-0.2, -0.15) is 0 Å². The summed E-state index contributed by atoms with van der Waals surface area (Å²) < 4.78 is 0.819. The molecule has 1 aliphatic rings. The monoisotopic (exact) mass is 166 g/mol. The number of nitrogens with zero attached hydrogens (tertiary/aromatic N) is 1. The summed E-state index contributed by atoms with van der Waals surface area (Å²) in [5, 5.41) is 0. The summed E-state index contributed by atoms with van der Waals surface area (Å²) in [6, 6.07) is 0. The van der Waals surface area contributed by atoms with Gasteiger partial charge < -0.3 is 4.39 Å². The van der Waals surface area contributed by atoms with E-state index in [0.717, 1.165) is 10.9 Å². The van der Waals surface area contributed by atoms with Gasteiger partial charge in [0.2, 0.25) is 0 Å². The van der Waals surface area contributed by atoms with Crippen LogP contribution in [0.1, 0.15) is 45.4 Å². The van der Waals surface area contributed by atoms with Gasteiger partial charge >= 0.3 is 0 Å². The number of rotatable bonds is 1. The van der Waals surface area contributed by atoms with Gasteiger partial charge in [-0.25, -0.2) is 7.98 Å². The van der Waals surface area contributed by atoms with Crippen LogP contribution in [0, 0.1) is 0 Å². The van der Waals surface area contributed by atoms with Crippen LogP contribution < -0.4 is 0 Å². The van der Waals surface area contributed by atoms with Crippen LogP contribution in [0.4, 0.5) is 0 Å². The molecule has 0 aromatic carbocycles. The highest BCUT2D eigenvalue weighted by Gasteiger charge is 2.08. The fourth-order valence-electron chi connectivity index (χ4n) is 1.99. The highest BCUT2D eigenvalue weighted by molar-refractivity contribution is 5.97. The second kappa shape index (κ2) is 4.91. The van der Waals surface area contributed by atoms with E-state index in [1.54, 1.807) is 0 Å². The van der Waals surface area contributed by atoms with Crippen molar-refractivity contribution in [1.29, 1.82) is 0 Å². The van der Waals surface area contributed by atoms with Crippen molar-refractivity contribution in [3.8, 4) is 0 Å². The average molecular weight is 166 g/mol. The van der Waals surface area contributed by atoms with E-state index in [1.807, 2.05) is 0 Å². The smallest absolute Gasteiger partial charge is 0.0321 e. The van der Waals surface area contributed by atoms with Gasteiger partial charge in [-0.05, 0) is 32.6 Å². The van der Waals surface area contributed by atoms with Crippen LogP contribution in [0.15, 0.2) is 0 Å². The second-order valence-corrected chi connectivity index (χ2v) is 4.10. The van der Waals surface area contributed by atoms with Crippen molar-refractivity contribution in [1.82, 2.24) is 0 Å². The number of hydrogen-bond acceptors (Lipinski definition) is 0. The first-order valence-electron chi connectivity index (χ1n) is 5.41. The van der Waals surface area contributed by atoms with Crippen molar-refractivity contribution in [2.45, 2.75) is 45.4 Å². The highest BCUT2D eigenvalue weighted by Crippen LogP contribution is 2.14. The Morgan fingerprint density at radius 3 is 1.75 bits per heavy atom. The van der Waals surface area contributed by atoms with E-state index in [-0.39, 0.29) is 0 Å². The topological polar surface area (TPSA) is 0 Å². The van der Waals surface area contributed by atoms with Crippen LogP contribution in [0.3, 0.4) is 0 Å². The van der Waals surface area contributed by atoms with Gasteiger partial charge in [-0.3, -0.25) is 0 Å². The third kappa shape index (κ3) is 3.18. The molecule has 0 aliphatic carbocycles. The SMILES string of the molecule is [B-][N+]1(CC)CCCCCCCC1. The van der Waals surface area contributed by atoms with Crippen LogP contribution in [0.25, 0.3) is 0 Å². The first-order chi connectivity index (χ1) is 5.77. The molecule has 0 aromatic heterocycles. The summed E-state index contributed by atoms with van der Waals surface area (Å²) in [7, 11) is 6.23. The fourth-order valence-corrected chi connectivity index (χ4v) is 1.99. The van der Waals surface area contributed by atoms with Crippen LogP contribution in [0.2, 0.25) is 0 Å². The van der Waals surface area contributed by atoms with Crippen LogP contribution in [0.5, 0.6) is 0 Å². The minimum atomic E-state index is 0.819. The molecule has 69 valence electrons. The molecule has 0 atom stereocenters. The maximum Gasteiger partial charge on any atom is 0.0321 e. The Kier molecular flexibility index (Phi) is 4.13. The molecule has 1 nitrogen and oxygen atoms in total. The molecular weight excluding hydrogens is 145 g/mol. The average Bonchev–Trinajstić information content (AvgIpc) is 2.18. The zero-order valence-electron chi connectivity index (χ0n) is 8.39. The van der Waals surface area contributed by atoms with E-state index in [0.29, 0.717) is 0 Å². The van der Waals surface area contributed by atoms with Crippen LogP contribution >= 0.6 is 0 Å². The maximum atomic E-state index is 6.23. The lowest BCUT2D eigenvalue weighted by Crippen LogP contribution is -2.46. The molecular formula is C10H21BN. The first kappa shape index (κ1) is 10.1. The van der Waals surface area contributed by atoms with E-state index in [2.05, 4.69) is 6.92 Å². The molecule has 0 saturated carbocycles. The lowest BCUT2D eigenvalue weighted by Gasteiger charge is -2.49. The van der Waals surface area contributed by atoms with E-state index in [9.17, 15) is 0 Å². The van der Waals surface area contributed by atoms with Crippen molar-refractivity contribution in [3.63, 3.8) is 0 Å². The van der Waals surface area contributed by atoms with Gasteiger partial charge in [0.1, 0.15) is 0 Å². The zero-order chi connectivity index (χ0) is 8.86. The largest absolute Gasteiger partial charge is 0.588 e. The molecule has 1 fully saturated rings. The summed E-state index contributed by atoms with van der Waals surface area (Å²) in [6.45, 7) is 5.69. The molecule has 0 N–H and O–H groups in total. The molecule has 0 aromatic rings. The molecule has 1 rings (SSSR count). The molecule has 0 spiro atoms. The summed E-state index contributed by atoms with van der Waals surface area (Å²) in [4.78, 5) is 0. The Hall–Kier alpha value is 0.0249. The van der Waals surface area contributed by atoms with Gasteiger partial charge in [0.05, 0.1) is 0 Å². The molecule has 1 saturated heterocycles. The summed E-state index contributed by atoms with van der Waals surface area (Å²) in [5.74, 6) is 0. The zero-order valence-corrected chi connectivity index (χ0v) is 8.39. The number of quaternary nitrogens is 1. The second-order valence-electron chi connectivity index (χ2n) is 4.10. The van der Waals surface area contributed by atoms with E-state index in [1.165, 1.54) is 51.6 Å². The lowest BCUT2D eigenvalue weighted by atomic mass is 10.1. The van der Waals surface area contributed by atoms with Gasteiger partial charge in [0.25, 0.3) is 0 Å². The summed E-state index contributed by atoms with van der Waals surface area (Å²) in [5.41, 5.74) is 0. The quantitative estimate of drug-likeness (QED) is 0.524. The Morgan fingerprint density at radius 1 is 0.917 bits per heavy atom. The van der Waals surface area contributed by atoms with Gasteiger partial charge in [-0.1, -0.05) is 12.8 Å². The Labute approximate surface area is 78.2 Å². The predicted octanol–water partition coefficient (Wildman–Crippen LogP) is 2.26. The van der Waals surface area contributed by atoms with Crippen LogP contribution in [-0.2, 0) is 0 Å². The molecule has 0 unspecified atom stereocenters. The van der Waals surface area contributed by atoms with E-state index >= 15 is 0 Å². The minimum absolute atomic E-state index is 0.819. The molecule has 1 heterocycles. The van der Waals surface area contributed by atoms with Crippen molar-refractivity contribution in [2.24, 2.45) is 0 Å². The van der Waals surface area contributed by atoms with Crippen molar-refractivity contribution in [2.75, 3.05) is 19.6 Å². The molecule has 3 radical (unpaired) electrons. The first-order valence-corrected chi connectivity index (χ1v) is 5.41. The molecule has 12 heavy (non-hydrogen) atoms. The Morgan fingerprint density at radius 2 is 1.33 bits per heavy atom. The number of hydrogen-bond donors (Lipinski definition) is 0. The molecule has 0 bridgehead atoms. The van der Waals surface area contributed by atoms with E-state index in [4.69, 9.17) is 7.98 Å². The van der Waals surface area contributed by atoms with Gasteiger partial charge in [0, 0.05) is 19.6 Å². The third-order valence-electron chi connectivity index (χ3n) is 3.09. The summed E-state index contributed by atoms with van der Waals surface area (Å²) in [6.07, 6.45) is 8.26. The Balaban J connectivity index is 2.38. The standard InChI is InChI=1S/C10H21BN/c1-2-12(11)9-7-5-3-4-6-8-10-12/h2-10H2,1H3. The van der Waals surface area contributed by atoms with Crippen molar-refractivity contribution < 1.29 is 4.39 Å². The minimum Gasteiger partial charge on any atom is -0.588 e. The lowest BCUT2D eigenvalue weighted by molar-refractivity contribution is -0.815. The van der Waals surface area contributed by atoms with E-state index < -0.39 is 0 Å². The predicted molar refractivity (Wildman–Crippen MR) is 54.0 cm³/mol. The normalized spacial score (nSPS) is 25.5. The third-order valence-corrected chi connectivity index (χ3v) is 3.09.